The molecule has 4 aromatic rings. The monoisotopic (exact) mass is 474 g/mol. The number of nitrogens with zero attached hydrogens (tertiary/aromatic N) is 2. The fraction of sp³-hybridized carbons (Fsp3) is 0.231. The number of carbonyl (C=O) groups is 2. The van der Waals surface area contributed by atoms with Crippen LogP contribution in [-0.4, -0.2) is 27.0 Å². The third-order valence-electron chi connectivity index (χ3n) is 5.66. The van der Waals surface area contributed by atoms with Gasteiger partial charge in [0.05, 0.1) is 10.6 Å². The molecule has 174 valence electrons. The molecular weight excluding hydrogens is 448 g/mol. The minimum Gasteiger partial charge on any atom is -0.443 e. The van der Waals surface area contributed by atoms with E-state index in [4.69, 9.17) is 4.42 Å². The number of hydrogen-bond acceptors (Lipinski definition) is 6. The zero-order valence-corrected chi connectivity index (χ0v) is 20.5. The van der Waals surface area contributed by atoms with Crippen LogP contribution in [-0.2, 0) is 4.79 Å². The number of anilines is 2. The fourth-order valence-corrected chi connectivity index (χ4v) is 4.35. The molecule has 34 heavy (non-hydrogen) atoms. The summed E-state index contributed by atoms with van der Waals surface area (Å²) in [4.78, 5) is 34.8. The Hall–Kier alpha value is -3.65. The molecular formula is C26H26N4O3S. The van der Waals surface area contributed by atoms with Gasteiger partial charge in [-0.15, -0.1) is 0 Å². The van der Waals surface area contributed by atoms with Gasteiger partial charge in [0, 0.05) is 16.8 Å². The third kappa shape index (κ3) is 4.82. The third-order valence-corrected chi connectivity index (χ3v) is 6.62. The molecule has 2 aromatic carbocycles. The molecule has 7 nitrogen and oxygen atoms in total. The summed E-state index contributed by atoms with van der Waals surface area (Å²) in [7, 11) is 0. The molecule has 0 fully saturated rings. The Morgan fingerprint density at radius 1 is 0.912 bits per heavy atom. The van der Waals surface area contributed by atoms with Crippen LogP contribution in [0.1, 0.15) is 39.7 Å². The second-order valence-electron chi connectivity index (χ2n) is 8.15. The van der Waals surface area contributed by atoms with Gasteiger partial charge in [0.1, 0.15) is 11.6 Å². The van der Waals surface area contributed by atoms with Crippen molar-refractivity contribution in [3.63, 3.8) is 0 Å². The van der Waals surface area contributed by atoms with Gasteiger partial charge < -0.3 is 15.1 Å². The summed E-state index contributed by atoms with van der Waals surface area (Å²) < 4.78 is 5.82. The highest BCUT2D eigenvalue weighted by molar-refractivity contribution is 8.00. The Morgan fingerprint density at radius 3 is 2.26 bits per heavy atom. The summed E-state index contributed by atoms with van der Waals surface area (Å²) >= 11 is 1.20. The van der Waals surface area contributed by atoms with Gasteiger partial charge in [-0.2, -0.15) is 4.98 Å². The van der Waals surface area contributed by atoms with Crippen LogP contribution < -0.4 is 10.6 Å². The highest BCUT2D eigenvalue weighted by atomic mass is 32.2. The summed E-state index contributed by atoms with van der Waals surface area (Å²) in [6.45, 7) is 9.45. The van der Waals surface area contributed by atoms with Crippen molar-refractivity contribution < 1.29 is 14.0 Å². The summed E-state index contributed by atoms with van der Waals surface area (Å²) in [5, 5.41) is 6.41. The molecule has 0 aliphatic heterocycles. The van der Waals surface area contributed by atoms with E-state index in [1.165, 1.54) is 11.8 Å². The molecule has 2 N–H and O–H groups in total. The second-order valence-corrected chi connectivity index (χ2v) is 9.46. The molecule has 2 aromatic heterocycles. The maximum Gasteiger partial charge on any atom is 0.256 e. The average molecular weight is 475 g/mol. The van der Waals surface area contributed by atoms with Gasteiger partial charge in [0.25, 0.3) is 5.91 Å². The Labute approximate surface area is 202 Å². The van der Waals surface area contributed by atoms with E-state index in [9.17, 15) is 9.59 Å². The molecule has 0 bridgehead atoms. The van der Waals surface area contributed by atoms with Crippen LogP contribution in [0.2, 0.25) is 0 Å². The van der Waals surface area contributed by atoms with Crippen LogP contribution in [0.4, 0.5) is 11.5 Å². The maximum atomic E-state index is 12.9. The van der Waals surface area contributed by atoms with Crippen molar-refractivity contribution >= 4 is 46.2 Å². The SMILES string of the molecule is Cc1cccc(C)c1NC(=O)C(C)Sc1nc(NC(=O)c2ccccc2)c2c(C)c(C)oc2n1. The lowest BCUT2D eigenvalue weighted by molar-refractivity contribution is -0.115. The number of thioether (sulfide) groups is 1. The van der Waals surface area contributed by atoms with Gasteiger partial charge in [-0.05, 0) is 57.9 Å². The normalized spacial score (nSPS) is 11.9. The van der Waals surface area contributed by atoms with Crippen LogP contribution in [0.15, 0.2) is 58.1 Å². The van der Waals surface area contributed by atoms with Gasteiger partial charge in [-0.25, -0.2) is 4.98 Å². The zero-order valence-electron chi connectivity index (χ0n) is 19.7. The van der Waals surface area contributed by atoms with Gasteiger partial charge in [0.15, 0.2) is 5.16 Å². The Bertz CT molecular complexity index is 1360. The largest absolute Gasteiger partial charge is 0.443 e. The average Bonchev–Trinajstić information content (AvgIpc) is 3.10. The van der Waals surface area contributed by atoms with Crippen molar-refractivity contribution in [3.05, 3.63) is 76.5 Å². The number of amides is 2. The van der Waals surface area contributed by atoms with Crippen LogP contribution in [0.25, 0.3) is 11.1 Å². The number of aromatic nitrogens is 2. The lowest BCUT2D eigenvalue weighted by Crippen LogP contribution is -2.23. The minimum atomic E-state index is -0.480. The van der Waals surface area contributed by atoms with Gasteiger partial charge in [0.2, 0.25) is 11.6 Å². The fourth-order valence-electron chi connectivity index (χ4n) is 3.59. The highest BCUT2D eigenvalue weighted by Crippen LogP contribution is 2.33. The first-order valence-electron chi connectivity index (χ1n) is 10.9. The van der Waals surface area contributed by atoms with E-state index in [1.807, 2.05) is 52.0 Å². The van der Waals surface area contributed by atoms with Crippen molar-refractivity contribution in [2.24, 2.45) is 0 Å². The van der Waals surface area contributed by atoms with Crippen LogP contribution in [0.3, 0.4) is 0 Å². The Morgan fingerprint density at radius 2 is 1.59 bits per heavy atom. The number of nitrogens with one attached hydrogen (secondary N) is 2. The van der Waals surface area contributed by atoms with E-state index in [0.29, 0.717) is 33.4 Å². The number of carbonyl (C=O) groups excluding carboxylic acids is 2. The number of rotatable bonds is 6. The number of furan rings is 1. The number of para-hydroxylation sites is 1. The molecule has 1 unspecified atom stereocenters. The lowest BCUT2D eigenvalue weighted by Gasteiger charge is -2.15. The van der Waals surface area contributed by atoms with Crippen LogP contribution >= 0.6 is 11.8 Å². The van der Waals surface area contributed by atoms with E-state index < -0.39 is 5.25 Å². The molecule has 0 saturated carbocycles. The van der Waals surface area contributed by atoms with Crippen molar-refractivity contribution in [1.29, 1.82) is 0 Å². The van der Waals surface area contributed by atoms with Gasteiger partial charge in [-0.3, -0.25) is 9.59 Å². The van der Waals surface area contributed by atoms with E-state index in [1.54, 1.807) is 31.2 Å². The molecule has 0 saturated heterocycles. The predicted octanol–water partition coefficient (Wildman–Crippen LogP) is 5.83. The van der Waals surface area contributed by atoms with Crippen LogP contribution in [0.5, 0.6) is 0 Å². The first-order chi connectivity index (χ1) is 16.2. The first-order valence-corrected chi connectivity index (χ1v) is 11.8. The maximum absolute atomic E-state index is 12.9. The second kappa shape index (κ2) is 9.69. The minimum absolute atomic E-state index is 0.159. The van der Waals surface area contributed by atoms with Crippen molar-refractivity contribution in [1.82, 2.24) is 9.97 Å². The number of benzene rings is 2. The van der Waals surface area contributed by atoms with Gasteiger partial charge in [-0.1, -0.05) is 48.2 Å². The molecule has 0 radical (unpaired) electrons. The first kappa shape index (κ1) is 23.5. The predicted molar refractivity (Wildman–Crippen MR) is 136 cm³/mol. The topological polar surface area (TPSA) is 97.1 Å². The molecule has 2 heterocycles. The van der Waals surface area contributed by atoms with E-state index in [2.05, 4.69) is 20.6 Å². The summed E-state index contributed by atoms with van der Waals surface area (Å²) in [5.74, 6) is 0.615. The zero-order chi connectivity index (χ0) is 24.4. The molecule has 4 rings (SSSR count). The highest BCUT2D eigenvalue weighted by Gasteiger charge is 2.22. The standard InChI is InChI=1S/C26H26N4O3S/c1-14-10-9-11-15(2)21(14)27-23(31)18(5)34-26-29-22(20-16(3)17(4)33-25(20)30-26)28-24(32)19-12-7-6-8-13-19/h6-13,18H,1-5H3,(H,27,31)(H,28,29,30,32). The van der Waals surface area contributed by atoms with Crippen molar-refractivity contribution in [2.45, 2.75) is 45.0 Å². The Balaban J connectivity index is 1.61. The molecule has 0 spiro atoms. The quantitative estimate of drug-likeness (QED) is 0.270. The molecule has 8 heteroatoms. The molecule has 1 atom stereocenters. The van der Waals surface area contributed by atoms with E-state index in [0.717, 1.165) is 22.4 Å². The van der Waals surface area contributed by atoms with E-state index >= 15 is 0 Å². The molecule has 0 aliphatic rings. The van der Waals surface area contributed by atoms with E-state index in [-0.39, 0.29) is 11.8 Å². The lowest BCUT2D eigenvalue weighted by atomic mass is 10.1. The van der Waals surface area contributed by atoms with Crippen LogP contribution in [0, 0.1) is 27.7 Å². The number of aryl methyl sites for hydroxylation is 4. The summed E-state index contributed by atoms with van der Waals surface area (Å²) in [5.41, 5.74) is 4.55. The summed E-state index contributed by atoms with van der Waals surface area (Å²) in [6, 6.07) is 14.8. The Kier molecular flexibility index (Phi) is 6.70. The summed E-state index contributed by atoms with van der Waals surface area (Å²) in [6.07, 6.45) is 0. The molecule has 0 aliphatic carbocycles. The van der Waals surface area contributed by atoms with Crippen molar-refractivity contribution in [2.75, 3.05) is 10.6 Å². The number of fused-ring (bicyclic) bond motifs is 1. The molecule has 2 amide bonds. The smallest absolute Gasteiger partial charge is 0.256 e. The van der Waals surface area contributed by atoms with Crippen molar-refractivity contribution in [3.8, 4) is 0 Å². The van der Waals surface area contributed by atoms with Gasteiger partial charge >= 0.3 is 0 Å². The number of hydrogen-bond donors (Lipinski definition) is 2.